The molecule has 4 heteroatoms. The summed E-state index contributed by atoms with van der Waals surface area (Å²) >= 11 is 0. The molecule has 0 saturated carbocycles. The molecular weight excluding hydrogens is 304 g/mol. The van der Waals surface area contributed by atoms with Crippen LogP contribution in [0.2, 0.25) is 6.04 Å². The van der Waals surface area contributed by atoms with Crippen LogP contribution in [0.1, 0.15) is 74.7 Å². The SMILES string of the molecule is CCCCC(C)C(C)(C)C(C)(C)C(C)(C)C1C[SiH2][SiH2][SiH2]O1. The second-order valence-electron chi connectivity index (χ2n) is 8.97. The molecule has 126 valence electrons. The molecule has 1 nitrogen and oxygen atoms in total. The lowest BCUT2D eigenvalue weighted by molar-refractivity contribution is -0.103. The monoisotopic (exact) mass is 344 g/mol. The van der Waals surface area contributed by atoms with E-state index in [1.807, 2.05) is 0 Å². The minimum Gasteiger partial charge on any atom is -0.425 e. The van der Waals surface area contributed by atoms with E-state index in [1.165, 1.54) is 25.3 Å². The first-order valence-electron chi connectivity index (χ1n) is 9.20. The van der Waals surface area contributed by atoms with Crippen molar-refractivity contribution in [2.75, 3.05) is 0 Å². The van der Waals surface area contributed by atoms with Crippen LogP contribution in [0.5, 0.6) is 0 Å². The van der Waals surface area contributed by atoms with Crippen molar-refractivity contribution in [1.82, 2.24) is 0 Å². The first-order chi connectivity index (χ1) is 9.59. The summed E-state index contributed by atoms with van der Waals surface area (Å²) in [5, 5.41) is 0. The molecule has 0 radical (unpaired) electrons. The predicted octanol–water partition coefficient (Wildman–Crippen LogP) is 2.96. The van der Waals surface area contributed by atoms with Crippen LogP contribution in [0.15, 0.2) is 0 Å². The molecule has 1 heterocycles. The van der Waals surface area contributed by atoms with Crippen LogP contribution in [0.3, 0.4) is 0 Å². The minimum atomic E-state index is -0.0526. The fourth-order valence-electron chi connectivity index (χ4n) is 4.03. The van der Waals surface area contributed by atoms with Crippen LogP contribution >= 0.6 is 0 Å². The fraction of sp³-hybridized carbons (Fsp3) is 1.00. The van der Waals surface area contributed by atoms with E-state index >= 15 is 0 Å². The third-order valence-corrected chi connectivity index (χ3v) is 21.2. The quantitative estimate of drug-likeness (QED) is 0.645. The highest BCUT2D eigenvalue weighted by atomic mass is 29.5. The Morgan fingerprint density at radius 1 is 1.14 bits per heavy atom. The molecule has 0 aliphatic carbocycles. The molecule has 21 heavy (non-hydrogen) atoms. The van der Waals surface area contributed by atoms with E-state index in [2.05, 4.69) is 55.4 Å². The number of rotatable bonds is 7. The van der Waals surface area contributed by atoms with Crippen LogP contribution in [0.4, 0.5) is 0 Å². The highest BCUT2D eigenvalue weighted by Gasteiger charge is 2.53. The largest absolute Gasteiger partial charge is 0.425 e. The molecule has 2 atom stereocenters. The van der Waals surface area contributed by atoms with Gasteiger partial charge in [0.05, 0.1) is 0 Å². The van der Waals surface area contributed by atoms with E-state index in [4.69, 9.17) is 4.43 Å². The van der Waals surface area contributed by atoms with Crippen molar-refractivity contribution in [1.29, 1.82) is 0 Å². The second-order valence-corrected chi connectivity index (χ2v) is 23.5. The van der Waals surface area contributed by atoms with Gasteiger partial charge in [0.1, 0.15) is 9.28 Å². The molecule has 0 amide bonds. The molecule has 2 unspecified atom stereocenters. The average molecular weight is 345 g/mol. The first-order valence-corrected chi connectivity index (χ1v) is 18.8. The van der Waals surface area contributed by atoms with Crippen molar-refractivity contribution in [3.8, 4) is 0 Å². The summed E-state index contributed by atoms with van der Waals surface area (Å²) in [6, 6.07) is 1.47. The summed E-state index contributed by atoms with van der Waals surface area (Å²) in [5.74, 6) is 0.777. The van der Waals surface area contributed by atoms with Gasteiger partial charge >= 0.3 is 0 Å². The van der Waals surface area contributed by atoms with E-state index in [0.717, 1.165) is 5.92 Å². The van der Waals surface area contributed by atoms with Gasteiger partial charge in [0.2, 0.25) is 0 Å². The standard InChI is InChI=1S/C17H40OSi3/c1-9-10-11-13(2)15(3,4)17(7,8)16(5,6)14-12-19-21-20-18-14/h13-14H,9-12,19-21H2,1-8H3. The lowest BCUT2D eigenvalue weighted by atomic mass is 9.49. The van der Waals surface area contributed by atoms with Gasteiger partial charge in [-0.2, -0.15) is 0 Å². The maximum absolute atomic E-state index is 6.42. The Kier molecular flexibility index (Phi) is 6.98. The molecule has 0 aromatic heterocycles. The Morgan fingerprint density at radius 3 is 2.24 bits per heavy atom. The maximum Gasteiger partial charge on any atom is 0.140 e. The zero-order valence-corrected chi connectivity index (χ0v) is 20.3. The van der Waals surface area contributed by atoms with Crippen LogP contribution in [0.25, 0.3) is 0 Å². The number of hydrogen-bond acceptors (Lipinski definition) is 1. The van der Waals surface area contributed by atoms with Gasteiger partial charge in [-0.1, -0.05) is 74.7 Å². The molecular formula is C17H40OSi3. The zero-order chi connectivity index (χ0) is 16.3. The van der Waals surface area contributed by atoms with Gasteiger partial charge in [-0.25, -0.2) is 0 Å². The average Bonchev–Trinajstić information content (AvgIpc) is 2.45. The van der Waals surface area contributed by atoms with Crippen molar-refractivity contribution in [2.24, 2.45) is 22.2 Å². The van der Waals surface area contributed by atoms with Gasteiger partial charge in [0.25, 0.3) is 0 Å². The molecule has 0 aromatic rings. The smallest absolute Gasteiger partial charge is 0.140 e. The Bertz CT molecular complexity index is 320. The molecule has 1 fully saturated rings. The Hall–Kier alpha value is 0.611. The summed E-state index contributed by atoms with van der Waals surface area (Å²) in [5.41, 5.74) is 0.957. The third kappa shape index (κ3) is 3.93. The van der Waals surface area contributed by atoms with E-state index in [9.17, 15) is 0 Å². The summed E-state index contributed by atoms with van der Waals surface area (Å²) in [6.45, 7) is 19.9. The predicted molar refractivity (Wildman–Crippen MR) is 105 cm³/mol. The molecule has 1 saturated heterocycles. The molecule has 0 spiro atoms. The van der Waals surface area contributed by atoms with Gasteiger partial charge < -0.3 is 4.43 Å². The van der Waals surface area contributed by atoms with Crippen molar-refractivity contribution in [3.63, 3.8) is 0 Å². The summed E-state index contributed by atoms with van der Waals surface area (Å²) in [7, 11) is 0.639. The van der Waals surface area contributed by atoms with Gasteiger partial charge in [-0.3, -0.25) is 0 Å². The second kappa shape index (κ2) is 7.45. The molecule has 1 rings (SSSR count). The third-order valence-electron chi connectivity index (χ3n) is 7.43. The van der Waals surface area contributed by atoms with Crippen LogP contribution in [0, 0.1) is 22.2 Å². The fourth-order valence-corrected chi connectivity index (χ4v) is 17.0. The topological polar surface area (TPSA) is 9.23 Å². The zero-order valence-electron chi connectivity index (χ0n) is 16.0. The van der Waals surface area contributed by atoms with E-state index in [0.29, 0.717) is 39.9 Å². The highest BCUT2D eigenvalue weighted by molar-refractivity contribution is 7.28. The Balaban J connectivity index is 2.94. The van der Waals surface area contributed by atoms with Crippen LogP contribution < -0.4 is 0 Å². The molecule has 0 N–H and O–H groups in total. The summed E-state index contributed by atoms with van der Waals surface area (Å²) in [6.07, 6.45) is 4.62. The lowest BCUT2D eigenvalue weighted by Crippen LogP contribution is -2.55. The van der Waals surface area contributed by atoms with Gasteiger partial charge in [0, 0.05) is 23.7 Å². The molecule has 0 bridgehead atoms. The molecule has 0 aromatic carbocycles. The van der Waals surface area contributed by atoms with Crippen molar-refractivity contribution in [2.45, 2.75) is 86.8 Å². The molecule has 1 aliphatic heterocycles. The van der Waals surface area contributed by atoms with Gasteiger partial charge in [0.15, 0.2) is 0 Å². The minimum absolute atomic E-state index is 0.0526. The van der Waals surface area contributed by atoms with Crippen LogP contribution in [-0.2, 0) is 4.43 Å². The van der Waals surface area contributed by atoms with Crippen LogP contribution in [-0.4, -0.2) is 33.0 Å². The molecule has 1 aliphatic rings. The summed E-state index contributed by atoms with van der Waals surface area (Å²) < 4.78 is 6.42. The van der Waals surface area contributed by atoms with E-state index < -0.39 is 0 Å². The van der Waals surface area contributed by atoms with Crippen molar-refractivity contribution in [3.05, 3.63) is 0 Å². The van der Waals surface area contributed by atoms with Crippen molar-refractivity contribution >= 4 is 26.9 Å². The number of unbranched alkanes of at least 4 members (excludes halogenated alkanes) is 1. The Morgan fingerprint density at radius 2 is 1.76 bits per heavy atom. The van der Waals surface area contributed by atoms with E-state index in [1.54, 1.807) is 0 Å². The van der Waals surface area contributed by atoms with Crippen molar-refractivity contribution < 1.29 is 4.43 Å². The summed E-state index contributed by atoms with van der Waals surface area (Å²) in [4.78, 5) is 0. The van der Waals surface area contributed by atoms with E-state index in [-0.39, 0.29) is 9.28 Å². The Labute approximate surface area is 140 Å². The first kappa shape index (κ1) is 19.7. The number of hydrogen-bond donors (Lipinski definition) is 0. The van der Waals surface area contributed by atoms with Gasteiger partial charge in [-0.05, 0) is 28.2 Å². The maximum atomic E-state index is 6.42. The highest BCUT2D eigenvalue weighted by Crippen LogP contribution is 2.57. The normalized spacial score (nSPS) is 26.6. The van der Waals surface area contributed by atoms with Gasteiger partial charge in [-0.15, -0.1) is 0 Å². The lowest BCUT2D eigenvalue weighted by Gasteiger charge is -2.58.